The zero-order valence-electron chi connectivity index (χ0n) is 17.1. The molecule has 170 valence electrons. The Hall–Kier alpha value is -4.40. The van der Waals surface area contributed by atoms with Crippen molar-refractivity contribution in [1.82, 2.24) is 4.98 Å². The molecule has 2 N–H and O–H groups in total. The van der Waals surface area contributed by atoms with Crippen LogP contribution in [0.4, 0.5) is 13.2 Å². The van der Waals surface area contributed by atoms with Gasteiger partial charge in [0.2, 0.25) is 0 Å². The van der Waals surface area contributed by atoms with Gasteiger partial charge in [-0.05, 0) is 41.0 Å². The standard InChI is InChI=1S/C25H14F3NO5/c26-25(27,28)13-7-12(10-29-11-13)21-16-4-2-1-3-15(16)18(24(32)33)9-19-22(31)17-6-5-14(30)8-20(17)34-23(19)21/h1-11,21,30H,(H,32,33). The Morgan fingerprint density at radius 2 is 1.82 bits per heavy atom. The summed E-state index contributed by atoms with van der Waals surface area (Å²) in [6.45, 7) is 0. The number of hydrogen-bond donors (Lipinski definition) is 2. The van der Waals surface area contributed by atoms with Gasteiger partial charge in [-0.15, -0.1) is 0 Å². The lowest BCUT2D eigenvalue weighted by molar-refractivity contribution is -0.138. The number of aliphatic carboxylic acids is 1. The number of nitrogens with zero attached hydrogens (tertiary/aromatic N) is 1. The molecule has 6 nitrogen and oxygen atoms in total. The molecule has 2 aromatic carbocycles. The van der Waals surface area contributed by atoms with Gasteiger partial charge in [0.15, 0.2) is 5.43 Å². The van der Waals surface area contributed by atoms with E-state index in [2.05, 4.69) is 4.98 Å². The van der Waals surface area contributed by atoms with Crippen LogP contribution in [0.15, 0.2) is 70.1 Å². The molecule has 34 heavy (non-hydrogen) atoms. The Morgan fingerprint density at radius 3 is 2.56 bits per heavy atom. The highest BCUT2D eigenvalue weighted by Crippen LogP contribution is 2.43. The fraction of sp³-hybridized carbons (Fsp3) is 0.0800. The second kappa shape index (κ2) is 7.58. The summed E-state index contributed by atoms with van der Waals surface area (Å²) in [6, 6.07) is 11.0. The minimum absolute atomic E-state index is 0.0124. The molecule has 2 aromatic heterocycles. The summed E-state index contributed by atoms with van der Waals surface area (Å²) >= 11 is 0. The molecule has 9 heteroatoms. The van der Waals surface area contributed by atoms with Crippen molar-refractivity contribution in [3.8, 4) is 5.75 Å². The van der Waals surface area contributed by atoms with E-state index in [-0.39, 0.29) is 44.7 Å². The van der Waals surface area contributed by atoms with Gasteiger partial charge in [-0.3, -0.25) is 9.78 Å². The number of carbonyl (C=O) groups is 1. The molecule has 4 aromatic rings. The Kier molecular flexibility index (Phi) is 4.78. The molecule has 2 heterocycles. The van der Waals surface area contributed by atoms with Gasteiger partial charge in [-0.1, -0.05) is 24.3 Å². The van der Waals surface area contributed by atoms with Crippen LogP contribution in [0.1, 0.15) is 39.5 Å². The van der Waals surface area contributed by atoms with Gasteiger partial charge < -0.3 is 14.6 Å². The van der Waals surface area contributed by atoms with Gasteiger partial charge in [0.05, 0.1) is 28.0 Å². The number of hydrogen-bond acceptors (Lipinski definition) is 5. The fourth-order valence-electron chi connectivity index (χ4n) is 4.20. The minimum atomic E-state index is -4.67. The van der Waals surface area contributed by atoms with Crippen LogP contribution in [0.2, 0.25) is 0 Å². The van der Waals surface area contributed by atoms with E-state index in [1.807, 2.05) is 0 Å². The zero-order valence-corrected chi connectivity index (χ0v) is 17.1. The van der Waals surface area contributed by atoms with Crippen molar-refractivity contribution < 1.29 is 32.6 Å². The molecule has 0 saturated heterocycles. The number of benzene rings is 2. The lowest BCUT2D eigenvalue weighted by Gasteiger charge is -2.21. The van der Waals surface area contributed by atoms with Gasteiger partial charge in [-0.25, -0.2) is 4.79 Å². The largest absolute Gasteiger partial charge is 0.508 e. The van der Waals surface area contributed by atoms with Gasteiger partial charge in [-0.2, -0.15) is 13.2 Å². The lowest BCUT2D eigenvalue weighted by Crippen LogP contribution is -2.15. The monoisotopic (exact) mass is 465 g/mol. The number of rotatable bonds is 2. The number of pyridine rings is 1. The first-order chi connectivity index (χ1) is 16.1. The number of fused-ring (bicyclic) bond motifs is 3. The molecule has 1 aliphatic carbocycles. The van der Waals surface area contributed by atoms with E-state index in [4.69, 9.17) is 4.42 Å². The molecule has 1 aliphatic rings. The fourth-order valence-corrected chi connectivity index (χ4v) is 4.20. The average molecular weight is 465 g/mol. The summed E-state index contributed by atoms with van der Waals surface area (Å²) in [5, 5.41) is 19.9. The predicted molar refractivity (Wildman–Crippen MR) is 116 cm³/mol. The predicted octanol–water partition coefficient (Wildman–Crippen LogP) is 5.03. The van der Waals surface area contributed by atoms with E-state index in [9.17, 15) is 33.0 Å². The van der Waals surface area contributed by atoms with E-state index in [1.165, 1.54) is 36.5 Å². The molecular weight excluding hydrogens is 451 g/mol. The third-order valence-electron chi connectivity index (χ3n) is 5.70. The number of aromatic hydroxyl groups is 1. The SMILES string of the molecule is O=C(O)C1=Cc2c(oc3cc(O)ccc3c2=O)C(c2cncc(C(F)(F)F)c2)c2ccccc21. The summed E-state index contributed by atoms with van der Waals surface area (Å²) in [7, 11) is 0. The van der Waals surface area contributed by atoms with E-state index < -0.39 is 29.1 Å². The maximum Gasteiger partial charge on any atom is 0.417 e. The molecule has 0 fully saturated rings. The smallest absolute Gasteiger partial charge is 0.417 e. The number of phenolic OH excluding ortho intramolecular Hbond substituents is 1. The van der Waals surface area contributed by atoms with Crippen molar-refractivity contribution in [2.75, 3.05) is 0 Å². The lowest BCUT2D eigenvalue weighted by atomic mass is 9.85. The van der Waals surface area contributed by atoms with Crippen molar-refractivity contribution >= 4 is 28.6 Å². The summed E-state index contributed by atoms with van der Waals surface area (Å²) in [5.74, 6) is -2.61. The number of carboxylic acids is 1. The molecule has 0 amide bonds. The Morgan fingerprint density at radius 1 is 1.06 bits per heavy atom. The molecule has 5 rings (SSSR count). The van der Waals surface area contributed by atoms with Crippen LogP contribution in [-0.4, -0.2) is 21.2 Å². The summed E-state index contributed by atoms with van der Waals surface area (Å²) in [4.78, 5) is 29.3. The number of alkyl halides is 3. The van der Waals surface area contributed by atoms with Gasteiger partial charge >= 0.3 is 12.1 Å². The van der Waals surface area contributed by atoms with Crippen LogP contribution in [-0.2, 0) is 11.0 Å². The molecule has 1 atom stereocenters. The quantitative estimate of drug-likeness (QED) is 0.431. The first-order valence-electron chi connectivity index (χ1n) is 10.0. The molecule has 0 saturated carbocycles. The average Bonchev–Trinajstić information content (AvgIpc) is 2.93. The van der Waals surface area contributed by atoms with Crippen molar-refractivity contribution in [1.29, 1.82) is 0 Å². The highest BCUT2D eigenvalue weighted by molar-refractivity contribution is 6.21. The van der Waals surface area contributed by atoms with E-state index >= 15 is 0 Å². The van der Waals surface area contributed by atoms with Crippen molar-refractivity contribution in [2.24, 2.45) is 0 Å². The molecule has 0 spiro atoms. The van der Waals surface area contributed by atoms with E-state index in [1.54, 1.807) is 18.2 Å². The van der Waals surface area contributed by atoms with Crippen molar-refractivity contribution in [3.63, 3.8) is 0 Å². The molecule has 0 bridgehead atoms. The maximum atomic E-state index is 13.5. The Labute approximate surface area is 189 Å². The van der Waals surface area contributed by atoms with Gasteiger partial charge in [0, 0.05) is 18.5 Å². The molecule has 1 unspecified atom stereocenters. The van der Waals surface area contributed by atoms with Crippen molar-refractivity contribution in [3.05, 3.63) is 105 Å². The first-order valence-corrected chi connectivity index (χ1v) is 10.0. The minimum Gasteiger partial charge on any atom is -0.508 e. The summed E-state index contributed by atoms with van der Waals surface area (Å²) in [5.41, 5.74) is -1.24. The highest BCUT2D eigenvalue weighted by atomic mass is 19.4. The van der Waals surface area contributed by atoms with Crippen LogP contribution in [0.25, 0.3) is 22.6 Å². The topological polar surface area (TPSA) is 101 Å². The molecular formula is C25H14F3NO5. The zero-order chi connectivity index (χ0) is 24.2. The second-order valence-electron chi connectivity index (χ2n) is 7.78. The number of halogens is 3. The van der Waals surface area contributed by atoms with Crippen LogP contribution >= 0.6 is 0 Å². The van der Waals surface area contributed by atoms with Crippen LogP contribution < -0.4 is 5.43 Å². The molecule has 0 aliphatic heterocycles. The van der Waals surface area contributed by atoms with E-state index in [0.717, 1.165) is 6.07 Å². The highest BCUT2D eigenvalue weighted by Gasteiger charge is 2.35. The van der Waals surface area contributed by atoms with Gasteiger partial charge in [0.25, 0.3) is 0 Å². The first kappa shape index (κ1) is 21.4. The third-order valence-corrected chi connectivity index (χ3v) is 5.70. The van der Waals surface area contributed by atoms with Crippen molar-refractivity contribution in [2.45, 2.75) is 12.1 Å². The third kappa shape index (κ3) is 3.42. The van der Waals surface area contributed by atoms with E-state index in [0.29, 0.717) is 11.8 Å². The summed E-state index contributed by atoms with van der Waals surface area (Å²) < 4.78 is 46.4. The Bertz CT molecular complexity index is 1570. The van der Waals surface area contributed by atoms with Crippen LogP contribution in [0.3, 0.4) is 0 Å². The maximum absolute atomic E-state index is 13.5. The number of aromatic nitrogens is 1. The normalized spacial score (nSPS) is 15.3. The number of phenols is 1. The van der Waals surface area contributed by atoms with Gasteiger partial charge in [0.1, 0.15) is 17.1 Å². The second-order valence-corrected chi connectivity index (χ2v) is 7.78. The number of carboxylic acid groups (broad SMARTS) is 1. The molecule has 0 radical (unpaired) electrons. The van der Waals surface area contributed by atoms with Crippen LogP contribution in [0.5, 0.6) is 5.75 Å². The van der Waals surface area contributed by atoms with Crippen LogP contribution in [0, 0.1) is 0 Å². The Balaban J connectivity index is 1.92. The summed E-state index contributed by atoms with van der Waals surface area (Å²) in [6.07, 6.45) is -1.59.